The molecule has 2 fully saturated rings. The number of nitrogens with zero attached hydrogens (tertiary/aromatic N) is 1. The lowest BCUT2D eigenvalue weighted by Gasteiger charge is -2.25. The van der Waals surface area contributed by atoms with Gasteiger partial charge < -0.3 is 14.7 Å². The molecule has 0 unspecified atom stereocenters. The van der Waals surface area contributed by atoms with E-state index in [1.54, 1.807) is 12.7 Å². The van der Waals surface area contributed by atoms with Crippen LogP contribution in [0, 0.1) is 6.92 Å². The molecule has 3 heteroatoms. The van der Waals surface area contributed by atoms with E-state index in [-0.39, 0.29) is 0 Å². The summed E-state index contributed by atoms with van der Waals surface area (Å²) in [4.78, 5) is 2.59. The lowest BCUT2D eigenvalue weighted by atomic mass is 9.80. The normalized spacial score (nSPS) is 20.1. The van der Waals surface area contributed by atoms with Crippen LogP contribution in [0.5, 0.6) is 11.5 Å². The third kappa shape index (κ3) is 4.51. The lowest BCUT2D eigenvalue weighted by molar-refractivity contribution is 0.414. The number of methoxy groups -OCH3 is 1. The molecular formula is C34H41NO2. The van der Waals surface area contributed by atoms with E-state index >= 15 is 0 Å². The van der Waals surface area contributed by atoms with E-state index in [2.05, 4.69) is 60.4 Å². The molecule has 4 aliphatic rings. The van der Waals surface area contributed by atoms with Crippen LogP contribution < -0.4 is 9.64 Å². The topological polar surface area (TPSA) is 32.7 Å². The van der Waals surface area contributed by atoms with E-state index in [0.717, 1.165) is 12.3 Å². The molecule has 1 N–H and O–H groups in total. The van der Waals surface area contributed by atoms with Crippen molar-refractivity contribution in [1.29, 1.82) is 0 Å². The summed E-state index contributed by atoms with van der Waals surface area (Å²) >= 11 is 0. The molecule has 2 spiro atoms. The Balaban J connectivity index is 0.000000153. The van der Waals surface area contributed by atoms with Gasteiger partial charge in [-0.2, -0.15) is 0 Å². The Kier molecular flexibility index (Phi) is 6.42. The second-order valence-electron chi connectivity index (χ2n) is 12.0. The van der Waals surface area contributed by atoms with Crippen molar-refractivity contribution in [3.63, 3.8) is 0 Å². The Hall–Kier alpha value is -2.94. The Morgan fingerprint density at radius 1 is 0.784 bits per heavy atom. The molecule has 1 heterocycles. The molecule has 3 nitrogen and oxygen atoms in total. The second-order valence-corrected chi connectivity index (χ2v) is 12.0. The van der Waals surface area contributed by atoms with Crippen molar-refractivity contribution in [2.24, 2.45) is 0 Å². The first-order valence-corrected chi connectivity index (χ1v) is 14.3. The number of hydrogen-bond donors (Lipinski definition) is 1. The van der Waals surface area contributed by atoms with E-state index in [9.17, 15) is 5.11 Å². The highest BCUT2D eigenvalue weighted by Gasteiger charge is 2.44. The van der Waals surface area contributed by atoms with Crippen molar-refractivity contribution in [1.82, 2.24) is 0 Å². The third-order valence-corrected chi connectivity index (χ3v) is 9.75. The highest BCUT2D eigenvalue weighted by Crippen LogP contribution is 2.52. The Bertz CT molecular complexity index is 1250. The molecule has 0 atom stereocenters. The first-order chi connectivity index (χ1) is 18.0. The van der Waals surface area contributed by atoms with Crippen molar-refractivity contribution in [3.8, 4) is 11.5 Å². The van der Waals surface area contributed by atoms with Crippen LogP contribution in [0.3, 0.4) is 0 Å². The maximum atomic E-state index is 9.43. The number of ether oxygens (including phenoxy) is 1. The minimum absolute atomic E-state index is 0.412. The molecule has 2 saturated carbocycles. The molecule has 0 radical (unpaired) electrons. The minimum Gasteiger partial charge on any atom is -0.508 e. The molecule has 37 heavy (non-hydrogen) atoms. The van der Waals surface area contributed by atoms with Crippen molar-refractivity contribution >= 4 is 5.69 Å². The van der Waals surface area contributed by atoms with E-state index in [4.69, 9.17) is 4.74 Å². The summed E-state index contributed by atoms with van der Waals surface area (Å²) in [5, 5.41) is 9.43. The van der Waals surface area contributed by atoms with Gasteiger partial charge in [-0.15, -0.1) is 0 Å². The number of aromatic hydroxyl groups is 1. The summed E-state index contributed by atoms with van der Waals surface area (Å²) in [5.41, 5.74) is 9.61. The Morgan fingerprint density at radius 3 is 2.16 bits per heavy atom. The molecule has 3 aromatic rings. The van der Waals surface area contributed by atoms with Gasteiger partial charge in [0.25, 0.3) is 0 Å². The maximum Gasteiger partial charge on any atom is 0.118 e. The standard InChI is InChI=1S/C21H25NO.C13H16O/c1-16-5-10-19-20(13-16)22(15-21(19)11-3-4-12-21)14-17-6-8-18(23-2)9-7-17;14-11-3-4-12-10(9-11)5-8-13(12)6-1-2-7-13/h5-10,13H,3-4,11-12,14-15H2,1-2H3;3-4,9,14H,1-2,5-8H2. The number of phenolic OH excluding ortho intramolecular Hbond substituents is 1. The summed E-state index contributed by atoms with van der Waals surface area (Å²) in [7, 11) is 1.72. The fourth-order valence-corrected chi connectivity index (χ4v) is 7.84. The zero-order valence-corrected chi connectivity index (χ0v) is 22.6. The van der Waals surface area contributed by atoms with Gasteiger partial charge in [0.05, 0.1) is 7.11 Å². The van der Waals surface area contributed by atoms with Crippen molar-refractivity contribution in [2.45, 2.75) is 88.5 Å². The van der Waals surface area contributed by atoms with E-state index in [0.29, 0.717) is 16.6 Å². The number of rotatable bonds is 3. The van der Waals surface area contributed by atoms with Gasteiger partial charge in [0.15, 0.2) is 0 Å². The van der Waals surface area contributed by atoms with Crippen LogP contribution in [-0.4, -0.2) is 18.8 Å². The fourth-order valence-electron chi connectivity index (χ4n) is 7.84. The summed E-state index contributed by atoms with van der Waals surface area (Å²) in [5.74, 6) is 1.36. The average Bonchev–Trinajstić information content (AvgIpc) is 3.70. The van der Waals surface area contributed by atoms with Crippen LogP contribution >= 0.6 is 0 Å². The first kappa shape index (κ1) is 24.4. The van der Waals surface area contributed by atoms with Gasteiger partial charge in [-0.3, -0.25) is 0 Å². The minimum atomic E-state index is 0.412. The van der Waals surface area contributed by atoms with Crippen molar-refractivity contribution in [2.75, 3.05) is 18.6 Å². The average molecular weight is 496 g/mol. The van der Waals surface area contributed by atoms with Crippen LogP contribution in [0.4, 0.5) is 5.69 Å². The van der Waals surface area contributed by atoms with Gasteiger partial charge in [0.1, 0.15) is 11.5 Å². The SMILES string of the molecule is COc1ccc(CN2CC3(CCCC3)c3ccc(C)cc32)cc1.Oc1ccc2c(c1)CCC21CCCC1. The van der Waals surface area contributed by atoms with Gasteiger partial charge in [-0.05, 0) is 109 Å². The number of phenols is 1. The fraction of sp³-hybridized carbons (Fsp3) is 0.471. The molecule has 194 valence electrons. The Labute approximate surface area is 222 Å². The predicted octanol–water partition coefficient (Wildman–Crippen LogP) is 7.99. The summed E-state index contributed by atoms with van der Waals surface area (Å²) in [6.45, 7) is 4.37. The van der Waals surface area contributed by atoms with Crippen molar-refractivity contribution < 1.29 is 9.84 Å². The van der Waals surface area contributed by atoms with Gasteiger partial charge in [0, 0.05) is 24.2 Å². The maximum absolute atomic E-state index is 9.43. The van der Waals surface area contributed by atoms with Crippen LogP contribution in [0.1, 0.15) is 85.6 Å². The second kappa shape index (κ2) is 9.74. The molecule has 7 rings (SSSR count). The molecule has 0 aromatic heterocycles. The largest absolute Gasteiger partial charge is 0.508 e. The molecule has 0 amide bonds. The smallest absolute Gasteiger partial charge is 0.118 e. The summed E-state index contributed by atoms with van der Waals surface area (Å²) in [6, 6.07) is 21.5. The van der Waals surface area contributed by atoms with Crippen LogP contribution in [0.25, 0.3) is 0 Å². The van der Waals surface area contributed by atoms with Crippen LogP contribution in [0.2, 0.25) is 0 Å². The predicted molar refractivity (Wildman–Crippen MR) is 152 cm³/mol. The van der Waals surface area contributed by atoms with E-state index in [1.165, 1.54) is 98.7 Å². The third-order valence-electron chi connectivity index (χ3n) is 9.75. The van der Waals surface area contributed by atoms with Crippen LogP contribution in [0.15, 0.2) is 60.7 Å². The van der Waals surface area contributed by atoms with Gasteiger partial charge in [-0.25, -0.2) is 0 Å². The van der Waals surface area contributed by atoms with Crippen LogP contribution in [-0.2, 0) is 23.8 Å². The van der Waals surface area contributed by atoms with Crippen molar-refractivity contribution in [3.05, 3.63) is 88.5 Å². The molecular weight excluding hydrogens is 454 g/mol. The number of aryl methyl sites for hydroxylation is 2. The van der Waals surface area contributed by atoms with E-state index < -0.39 is 0 Å². The lowest BCUT2D eigenvalue weighted by Crippen LogP contribution is -2.30. The molecule has 0 bridgehead atoms. The number of anilines is 1. The molecule has 1 aliphatic heterocycles. The zero-order chi connectivity index (χ0) is 25.5. The number of benzene rings is 3. The number of hydrogen-bond acceptors (Lipinski definition) is 3. The van der Waals surface area contributed by atoms with Gasteiger partial charge >= 0.3 is 0 Å². The quantitative estimate of drug-likeness (QED) is 0.400. The zero-order valence-electron chi connectivity index (χ0n) is 22.6. The summed E-state index contributed by atoms with van der Waals surface area (Å²) < 4.78 is 5.27. The summed E-state index contributed by atoms with van der Waals surface area (Å²) in [6.07, 6.45) is 13.4. The molecule has 3 aromatic carbocycles. The van der Waals surface area contributed by atoms with Gasteiger partial charge in [0.2, 0.25) is 0 Å². The van der Waals surface area contributed by atoms with E-state index in [1.807, 2.05) is 12.1 Å². The Morgan fingerprint density at radius 2 is 1.46 bits per heavy atom. The molecule has 3 aliphatic carbocycles. The number of fused-ring (bicyclic) bond motifs is 4. The first-order valence-electron chi connectivity index (χ1n) is 14.3. The molecule has 0 saturated heterocycles. The highest BCUT2D eigenvalue weighted by molar-refractivity contribution is 5.64. The highest BCUT2D eigenvalue weighted by atomic mass is 16.5. The monoisotopic (exact) mass is 495 g/mol. The van der Waals surface area contributed by atoms with Gasteiger partial charge in [-0.1, -0.05) is 56.0 Å².